The Morgan fingerprint density at radius 1 is 1.14 bits per heavy atom. The molecule has 196 valence electrons. The van der Waals surface area contributed by atoms with E-state index in [1.807, 2.05) is 32.3 Å². The predicted octanol–water partition coefficient (Wildman–Crippen LogP) is 4.46. The lowest BCUT2D eigenvalue weighted by molar-refractivity contribution is -0.384. The van der Waals surface area contributed by atoms with E-state index in [1.54, 1.807) is 24.3 Å². The summed E-state index contributed by atoms with van der Waals surface area (Å²) in [4.78, 5) is 35.9. The van der Waals surface area contributed by atoms with Gasteiger partial charge in [-0.15, -0.1) is 10.2 Å². The number of carbonyl (C=O) groups is 2. The van der Waals surface area contributed by atoms with Gasteiger partial charge in [0.2, 0.25) is 5.91 Å². The molecule has 1 heterocycles. The Balaban J connectivity index is 1.69. The van der Waals surface area contributed by atoms with Gasteiger partial charge in [0, 0.05) is 29.9 Å². The molecular formula is C25H30N6O5S. The normalized spacial score (nSPS) is 11.7. The van der Waals surface area contributed by atoms with Gasteiger partial charge in [-0.3, -0.25) is 19.7 Å². The molecule has 3 aromatic rings. The van der Waals surface area contributed by atoms with E-state index >= 15 is 0 Å². The summed E-state index contributed by atoms with van der Waals surface area (Å²) in [5, 5.41) is 26.0. The maximum atomic E-state index is 12.9. The number of hydrogen-bond acceptors (Lipinski definition) is 8. The van der Waals surface area contributed by atoms with E-state index in [1.165, 1.54) is 36.0 Å². The number of hydrogen-bond donors (Lipinski definition) is 2. The molecule has 2 amide bonds. The number of aromatic nitrogens is 3. The first-order chi connectivity index (χ1) is 17.7. The molecule has 0 spiro atoms. The van der Waals surface area contributed by atoms with Gasteiger partial charge in [-0.05, 0) is 50.1 Å². The minimum Gasteiger partial charge on any atom is -0.494 e. The summed E-state index contributed by atoms with van der Waals surface area (Å²) in [5.74, 6) is 0.717. The number of nitro groups is 1. The zero-order chi connectivity index (χ0) is 26.9. The summed E-state index contributed by atoms with van der Waals surface area (Å²) in [6, 6.07) is 12.2. The summed E-state index contributed by atoms with van der Waals surface area (Å²) in [7, 11) is 0. The number of benzene rings is 2. The molecule has 0 aliphatic carbocycles. The first kappa shape index (κ1) is 27.7. The minimum absolute atomic E-state index is 0.0436. The SMILES string of the molecule is CCOc1ccc(NC(=O)CSc2nnc([C@H](NC(=O)c3cccc([N+](=O)[O-])c3)C(C)C)n2CC)cc1. The van der Waals surface area contributed by atoms with Crippen molar-refractivity contribution < 1.29 is 19.2 Å². The lowest BCUT2D eigenvalue weighted by Crippen LogP contribution is -2.33. The summed E-state index contributed by atoms with van der Waals surface area (Å²) in [6.07, 6.45) is 0. The number of amides is 2. The molecule has 0 aliphatic heterocycles. The average Bonchev–Trinajstić information content (AvgIpc) is 3.29. The number of non-ortho nitro benzene ring substituents is 1. The van der Waals surface area contributed by atoms with E-state index in [9.17, 15) is 19.7 Å². The number of nitrogens with zero attached hydrogens (tertiary/aromatic N) is 4. The molecule has 0 unspecified atom stereocenters. The van der Waals surface area contributed by atoms with Crippen molar-refractivity contribution in [2.75, 3.05) is 17.7 Å². The van der Waals surface area contributed by atoms with Crippen molar-refractivity contribution in [3.05, 3.63) is 70.0 Å². The third-order valence-corrected chi connectivity index (χ3v) is 6.36. The van der Waals surface area contributed by atoms with E-state index in [4.69, 9.17) is 4.74 Å². The summed E-state index contributed by atoms with van der Waals surface area (Å²) >= 11 is 1.25. The van der Waals surface area contributed by atoms with Crippen molar-refractivity contribution >= 4 is 35.0 Å². The maximum absolute atomic E-state index is 12.9. The van der Waals surface area contributed by atoms with Gasteiger partial charge in [-0.2, -0.15) is 0 Å². The molecule has 0 aliphatic rings. The highest BCUT2D eigenvalue weighted by Gasteiger charge is 2.26. The van der Waals surface area contributed by atoms with E-state index in [-0.39, 0.29) is 28.8 Å². The van der Waals surface area contributed by atoms with Gasteiger partial charge in [0.15, 0.2) is 11.0 Å². The molecule has 2 aromatic carbocycles. The van der Waals surface area contributed by atoms with Crippen molar-refractivity contribution in [3.8, 4) is 5.75 Å². The first-order valence-corrected chi connectivity index (χ1v) is 12.9. The fraction of sp³-hybridized carbons (Fsp3) is 0.360. The largest absolute Gasteiger partial charge is 0.494 e. The molecule has 12 heteroatoms. The minimum atomic E-state index is -0.542. The highest BCUT2D eigenvalue weighted by Crippen LogP contribution is 2.26. The fourth-order valence-corrected chi connectivity index (χ4v) is 4.39. The fourth-order valence-electron chi connectivity index (χ4n) is 3.58. The molecule has 0 saturated carbocycles. The van der Waals surface area contributed by atoms with Crippen LogP contribution in [0.3, 0.4) is 0 Å². The average molecular weight is 527 g/mol. The van der Waals surface area contributed by atoms with Crippen molar-refractivity contribution in [3.63, 3.8) is 0 Å². The molecule has 2 N–H and O–H groups in total. The van der Waals surface area contributed by atoms with Crippen LogP contribution < -0.4 is 15.4 Å². The Labute approximate surface area is 219 Å². The highest BCUT2D eigenvalue weighted by molar-refractivity contribution is 7.99. The number of nitrogens with one attached hydrogen (secondary N) is 2. The summed E-state index contributed by atoms with van der Waals surface area (Å²) in [5.41, 5.74) is 0.686. The van der Waals surface area contributed by atoms with Crippen LogP contribution in [-0.4, -0.2) is 43.9 Å². The quantitative estimate of drug-likeness (QED) is 0.200. The van der Waals surface area contributed by atoms with Gasteiger partial charge in [0.25, 0.3) is 11.6 Å². The van der Waals surface area contributed by atoms with Crippen LogP contribution in [0.4, 0.5) is 11.4 Å². The molecule has 0 radical (unpaired) electrons. The van der Waals surface area contributed by atoms with Crippen LogP contribution >= 0.6 is 11.8 Å². The van der Waals surface area contributed by atoms with E-state index < -0.39 is 16.9 Å². The Bertz CT molecular complexity index is 1240. The Kier molecular flexibility index (Phi) is 9.61. The van der Waals surface area contributed by atoms with Crippen molar-refractivity contribution in [2.45, 2.75) is 45.4 Å². The third-order valence-electron chi connectivity index (χ3n) is 5.39. The predicted molar refractivity (Wildman–Crippen MR) is 141 cm³/mol. The number of nitro benzene ring substituents is 1. The topological polar surface area (TPSA) is 141 Å². The highest BCUT2D eigenvalue weighted by atomic mass is 32.2. The number of ether oxygens (including phenoxy) is 1. The molecule has 1 aromatic heterocycles. The van der Waals surface area contributed by atoms with Gasteiger partial charge in [0.05, 0.1) is 23.3 Å². The standard InChI is InChI=1S/C25H30N6O5S/c1-5-30-23(22(16(3)4)27-24(33)17-8-7-9-19(14-17)31(34)35)28-29-25(30)37-15-21(32)26-18-10-12-20(13-11-18)36-6-2/h7-14,16,22H,5-6,15H2,1-4H3,(H,26,32)(H,27,33)/t22-/m1/s1. The zero-order valence-corrected chi connectivity index (χ0v) is 21.9. The van der Waals surface area contributed by atoms with Crippen LogP contribution in [0.1, 0.15) is 49.9 Å². The van der Waals surface area contributed by atoms with Gasteiger partial charge < -0.3 is 19.9 Å². The number of carbonyl (C=O) groups excluding carboxylic acids is 2. The Morgan fingerprint density at radius 2 is 1.86 bits per heavy atom. The van der Waals surface area contributed by atoms with E-state index in [0.29, 0.717) is 29.8 Å². The van der Waals surface area contributed by atoms with Crippen molar-refractivity contribution in [2.24, 2.45) is 5.92 Å². The van der Waals surface area contributed by atoms with Crippen molar-refractivity contribution in [1.29, 1.82) is 0 Å². The second kappa shape index (κ2) is 12.9. The molecule has 0 fully saturated rings. The smallest absolute Gasteiger partial charge is 0.270 e. The third kappa shape index (κ3) is 7.29. The molecule has 0 saturated heterocycles. The zero-order valence-electron chi connectivity index (χ0n) is 21.1. The molecule has 3 rings (SSSR count). The lowest BCUT2D eigenvalue weighted by Gasteiger charge is -2.22. The monoisotopic (exact) mass is 526 g/mol. The Morgan fingerprint density at radius 3 is 2.49 bits per heavy atom. The molecule has 0 bridgehead atoms. The molecule has 11 nitrogen and oxygen atoms in total. The molecule has 1 atom stereocenters. The lowest BCUT2D eigenvalue weighted by atomic mass is 10.0. The first-order valence-electron chi connectivity index (χ1n) is 11.9. The second-order valence-corrected chi connectivity index (χ2v) is 9.32. The van der Waals surface area contributed by atoms with Crippen LogP contribution in [0, 0.1) is 16.0 Å². The van der Waals surface area contributed by atoms with Crippen LogP contribution in [-0.2, 0) is 11.3 Å². The van der Waals surface area contributed by atoms with Crippen LogP contribution in [0.5, 0.6) is 5.75 Å². The molecule has 37 heavy (non-hydrogen) atoms. The van der Waals surface area contributed by atoms with Gasteiger partial charge in [-0.25, -0.2) is 0 Å². The number of rotatable bonds is 12. The van der Waals surface area contributed by atoms with Crippen LogP contribution in [0.2, 0.25) is 0 Å². The number of anilines is 1. The summed E-state index contributed by atoms with van der Waals surface area (Å²) < 4.78 is 7.27. The van der Waals surface area contributed by atoms with Gasteiger partial charge in [0.1, 0.15) is 5.75 Å². The van der Waals surface area contributed by atoms with Crippen LogP contribution in [0.25, 0.3) is 0 Å². The number of thioether (sulfide) groups is 1. The van der Waals surface area contributed by atoms with Crippen LogP contribution in [0.15, 0.2) is 53.7 Å². The maximum Gasteiger partial charge on any atom is 0.270 e. The van der Waals surface area contributed by atoms with Gasteiger partial charge >= 0.3 is 0 Å². The summed E-state index contributed by atoms with van der Waals surface area (Å²) in [6.45, 7) is 8.80. The van der Waals surface area contributed by atoms with E-state index in [0.717, 1.165) is 5.75 Å². The molecular weight excluding hydrogens is 496 g/mol. The van der Waals surface area contributed by atoms with Gasteiger partial charge in [-0.1, -0.05) is 31.7 Å². The van der Waals surface area contributed by atoms with E-state index in [2.05, 4.69) is 20.8 Å². The second-order valence-electron chi connectivity index (χ2n) is 8.38. The van der Waals surface area contributed by atoms with Crippen molar-refractivity contribution in [1.82, 2.24) is 20.1 Å². The Hall–Kier alpha value is -3.93.